The van der Waals surface area contributed by atoms with Crippen LogP contribution in [0, 0.1) is 0 Å². The zero-order valence-electron chi connectivity index (χ0n) is 21.0. The fraction of sp³-hybridized carbons (Fsp3) is 0.235. The maximum Gasteiger partial charge on any atom is 0.228 e. The number of rotatable bonds is 8. The van der Waals surface area contributed by atoms with Crippen LogP contribution in [-0.4, -0.2) is 11.5 Å². The van der Waals surface area contributed by atoms with Crippen molar-refractivity contribution in [3.05, 3.63) is 124 Å². The predicted octanol–water partition coefficient (Wildman–Crippen LogP) is 6.84. The van der Waals surface area contributed by atoms with E-state index in [1.54, 1.807) is 0 Å². The molecule has 0 radical (unpaired) electrons. The Kier molecular flexibility index (Phi) is 5.82. The number of thioether (sulfide) groups is 1. The van der Waals surface area contributed by atoms with Crippen molar-refractivity contribution in [3.8, 4) is 0 Å². The lowest BCUT2D eigenvalue weighted by molar-refractivity contribution is -0.683. The molecule has 7 rings (SSSR count). The molecule has 0 amide bonds. The molecule has 2 nitrogen and oxygen atoms in total. The van der Waals surface area contributed by atoms with Crippen LogP contribution in [0.15, 0.2) is 85.2 Å². The van der Waals surface area contributed by atoms with Gasteiger partial charge in [-0.25, -0.2) is 0 Å². The minimum atomic E-state index is 0.175. The van der Waals surface area contributed by atoms with Crippen LogP contribution in [0.4, 0.5) is 0 Å². The number of carbonyl (C=O) groups excluding carboxylic acids is 1. The third kappa shape index (κ3) is 4.16. The highest BCUT2D eigenvalue weighted by Crippen LogP contribution is 2.34. The average Bonchev–Trinajstić information content (AvgIpc) is 3.55. The maximum atomic E-state index is 13.2. The number of Topliss-reactive ketones (excluding diaryl/α,β-unsaturated/α-hetero) is 1. The summed E-state index contributed by atoms with van der Waals surface area (Å²) >= 11 is 2.01. The summed E-state index contributed by atoms with van der Waals surface area (Å²) < 4.78 is 2.01. The molecular weight excluding hydrogens is 470 g/mol. The Bertz CT molecular complexity index is 1650. The van der Waals surface area contributed by atoms with Gasteiger partial charge < -0.3 is 0 Å². The van der Waals surface area contributed by atoms with Gasteiger partial charge in [0.15, 0.2) is 12.4 Å². The Morgan fingerprint density at radius 2 is 1.32 bits per heavy atom. The molecule has 0 unspecified atom stereocenters. The molecule has 3 heteroatoms. The highest BCUT2D eigenvalue weighted by atomic mass is 32.2. The van der Waals surface area contributed by atoms with Crippen LogP contribution in [0.1, 0.15) is 43.7 Å². The van der Waals surface area contributed by atoms with E-state index in [-0.39, 0.29) is 5.78 Å². The van der Waals surface area contributed by atoms with Gasteiger partial charge >= 0.3 is 0 Å². The molecule has 1 heterocycles. The van der Waals surface area contributed by atoms with E-state index in [0.717, 1.165) is 41.7 Å². The first-order valence-corrected chi connectivity index (χ1v) is 14.5. The molecule has 0 fully saturated rings. The quantitative estimate of drug-likeness (QED) is 0.132. The van der Waals surface area contributed by atoms with Gasteiger partial charge in [-0.05, 0) is 92.8 Å². The van der Waals surface area contributed by atoms with Crippen molar-refractivity contribution < 1.29 is 9.36 Å². The first-order chi connectivity index (χ1) is 18.2. The molecule has 182 valence electrons. The fourth-order valence-electron chi connectivity index (χ4n) is 6.31. The molecule has 0 aliphatic heterocycles. The molecule has 0 saturated carbocycles. The fourth-order valence-corrected chi connectivity index (χ4v) is 7.30. The van der Waals surface area contributed by atoms with E-state index in [9.17, 15) is 4.79 Å². The maximum absolute atomic E-state index is 13.2. The van der Waals surface area contributed by atoms with Gasteiger partial charge in [-0.3, -0.25) is 4.79 Å². The van der Waals surface area contributed by atoms with Crippen LogP contribution < -0.4 is 4.57 Å². The third-order valence-electron chi connectivity index (χ3n) is 8.22. The number of pyridine rings is 1. The molecule has 4 aromatic carbocycles. The standard InChI is InChI=1S/C34H30NOS/c36-32(30-14-13-27-10-8-25-4-2-6-31(30)34(25)27)21-35-18-15-23(16-19-35)17-20-37-22-28-12-11-26-9-7-24-3-1-5-29(28)33(24)26/h1-6,11-16,18-19H,7-10,17,20-22H2/q+1. The number of nitrogens with zero attached hydrogens (tertiary/aromatic N) is 1. The van der Waals surface area contributed by atoms with Gasteiger partial charge in [-0.1, -0.05) is 60.7 Å². The molecule has 2 aliphatic carbocycles. The number of hydrogen-bond donors (Lipinski definition) is 0. The Labute approximate surface area is 222 Å². The van der Waals surface area contributed by atoms with Gasteiger partial charge in [-0.2, -0.15) is 16.3 Å². The lowest BCUT2D eigenvalue weighted by Gasteiger charge is -2.09. The van der Waals surface area contributed by atoms with Crippen molar-refractivity contribution in [2.24, 2.45) is 0 Å². The molecule has 0 spiro atoms. The number of benzene rings is 4. The first kappa shape index (κ1) is 22.7. The minimum absolute atomic E-state index is 0.175. The van der Waals surface area contributed by atoms with Gasteiger partial charge in [0.25, 0.3) is 0 Å². The molecule has 0 atom stereocenters. The van der Waals surface area contributed by atoms with Gasteiger partial charge in [-0.15, -0.1) is 0 Å². The number of carbonyl (C=O) groups is 1. The molecule has 2 aliphatic rings. The normalized spacial score (nSPS) is 13.6. The van der Waals surface area contributed by atoms with Crippen molar-refractivity contribution >= 4 is 39.1 Å². The number of hydrogen-bond acceptors (Lipinski definition) is 2. The molecule has 0 N–H and O–H groups in total. The summed E-state index contributed by atoms with van der Waals surface area (Å²) in [7, 11) is 0. The topological polar surface area (TPSA) is 20.9 Å². The van der Waals surface area contributed by atoms with Crippen molar-refractivity contribution in [1.29, 1.82) is 0 Å². The summed E-state index contributed by atoms with van der Waals surface area (Å²) in [5, 5.41) is 5.39. The summed E-state index contributed by atoms with van der Waals surface area (Å²) in [5.41, 5.74) is 9.42. The number of aromatic nitrogens is 1. The Balaban J connectivity index is 0.977. The summed E-state index contributed by atoms with van der Waals surface area (Å²) in [5.74, 6) is 2.32. The van der Waals surface area contributed by atoms with Gasteiger partial charge in [0.05, 0.1) is 0 Å². The zero-order valence-corrected chi connectivity index (χ0v) is 21.8. The van der Waals surface area contributed by atoms with E-state index >= 15 is 0 Å². The average molecular weight is 501 g/mol. The van der Waals surface area contributed by atoms with Crippen LogP contribution in [0.5, 0.6) is 0 Å². The smallest absolute Gasteiger partial charge is 0.228 e. The molecule has 0 bridgehead atoms. The lowest BCUT2D eigenvalue weighted by Crippen LogP contribution is -2.37. The van der Waals surface area contributed by atoms with Crippen molar-refractivity contribution in [2.75, 3.05) is 5.75 Å². The largest absolute Gasteiger partial charge is 0.287 e. The van der Waals surface area contributed by atoms with Gasteiger partial charge in [0.2, 0.25) is 12.3 Å². The lowest BCUT2D eigenvalue weighted by atomic mass is 9.97. The van der Waals surface area contributed by atoms with E-state index in [1.807, 2.05) is 22.4 Å². The van der Waals surface area contributed by atoms with E-state index in [4.69, 9.17) is 0 Å². The van der Waals surface area contributed by atoms with Crippen LogP contribution in [-0.2, 0) is 44.4 Å². The van der Waals surface area contributed by atoms with E-state index < -0.39 is 0 Å². The summed E-state index contributed by atoms with van der Waals surface area (Å²) in [6.45, 7) is 0.374. The Morgan fingerprint density at radius 3 is 2.05 bits per heavy atom. The predicted molar refractivity (Wildman–Crippen MR) is 154 cm³/mol. The summed E-state index contributed by atoms with van der Waals surface area (Å²) in [4.78, 5) is 13.2. The molecule has 1 aromatic heterocycles. The monoisotopic (exact) mass is 500 g/mol. The highest BCUT2D eigenvalue weighted by molar-refractivity contribution is 7.98. The zero-order chi connectivity index (χ0) is 24.8. The van der Waals surface area contributed by atoms with E-state index in [2.05, 4.69) is 79.1 Å². The molecule has 5 aromatic rings. The summed E-state index contributed by atoms with van der Waals surface area (Å²) in [6.07, 6.45) is 9.70. The van der Waals surface area contributed by atoms with Crippen molar-refractivity contribution in [1.82, 2.24) is 0 Å². The molecule has 37 heavy (non-hydrogen) atoms. The third-order valence-corrected chi connectivity index (χ3v) is 9.23. The number of aryl methyl sites for hydroxylation is 5. The first-order valence-electron chi connectivity index (χ1n) is 13.4. The minimum Gasteiger partial charge on any atom is -0.287 e. The Morgan fingerprint density at radius 1 is 0.703 bits per heavy atom. The Hall–Kier alpha value is -3.43. The van der Waals surface area contributed by atoms with Crippen LogP contribution in [0.25, 0.3) is 21.5 Å². The van der Waals surface area contributed by atoms with Crippen LogP contribution >= 0.6 is 11.8 Å². The second kappa shape index (κ2) is 9.46. The summed E-state index contributed by atoms with van der Waals surface area (Å²) in [6, 6.07) is 26.4. The van der Waals surface area contributed by atoms with Gasteiger partial charge in [0.1, 0.15) is 0 Å². The van der Waals surface area contributed by atoms with Crippen LogP contribution in [0.3, 0.4) is 0 Å². The molecule has 0 saturated heterocycles. The highest BCUT2D eigenvalue weighted by Gasteiger charge is 2.21. The van der Waals surface area contributed by atoms with Crippen molar-refractivity contribution in [2.45, 2.75) is 44.4 Å². The molecular formula is C34H30NOS+. The number of ketones is 1. The van der Waals surface area contributed by atoms with E-state index in [1.165, 1.54) is 62.4 Å². The van der Waals surface area contributed by atoms with Crippen LogP contribution in [0.2, 0.25) is 0 Å². The second-order valence-corrected chi connectivity index (χ2v) is 11.5. The van der Waals surface area contributed by atoms with E-state index in [0.29, 0.717) is 6.54 Å². The van der Waals surface area contributed by atoms with Gasteiger partial charge in [0, 0.05) is 23.4 Å². The second-order valence-electron chi connectivity index (χ2n) is 10.4. The SMILES string of the molecule is O=C(C[n+]1ccc(CCSCc2ccc3c4c(cccc24)CC3)cc1)c1ccc2c3c(cccc13)CC2. The van der Waals surface area contributed by atoms with Crippen molar-refractivity contribution in [3.63, 3.8) is 0 Å².